The molecule has 3 heterocycles. The molecule has 0 aliphatic heterocycles. The summed E-state index contributed by atoms with van der Waals surface area (Å²) in [7, 11) is 0. The summed E-state index contributed by atoms with van der Waals surface area (Å²) in [4.78, 5) is 17.9. The van der Waals surface area contributed by atoms with Crippen molar-refractivity contribution in [1.82, 2.24) is 19.6 Å². The molecule has 6 nitrogen and oxygen atoms in total. The van der Waals surface area contributed by atoms with Crippen molar-refractivity contribution in [2.24, 2.45) is 0 Å². The molecule has 0 saturated carbocycles. The van der Waals surface area contributed by atoms with E-state index in [1.807, 2.05) is 30.5 Å². The maximum absolute atomic E-state index is 10.6. The molecule has 0 aliphatic carbocycles. The third-order valence-corrected chi connectivity index (χ3v) is 2.90. The summed E-state index contributed by atoms with van der Waals surface area (Å²) >= 11 is 0. The molecular weight excluding hydrogens is 244 g/mol. The van der Waals surface area contributed by atoms with Gasteiger partial charge in [0.05, 0.1) is 24.0 Å². The Labute approximate surface area is 108 Å². The third-order valence-electron chi connectivity index (χ3n) is 2.90. The lowest BCUT2D eigenvalue weighted by molar-refractivity contribution is -0.136. The highest BCUT2D eigenvalue weighted by atomic mass is 16.4. The lowest BCUT2D eigenvalue weighted by Crippen LogP contribution is -2.03. The van der Waals surface area contributed by atoms with Gasteiger partial charge in [-0.2, -0.15) is 5.10 Å². The van der Waals surface area contributed by atoms with Crippen LogP contribution in [-0.4, -0.2) is 30.7 Å². The molecule has 6 heteroatoms. The van der Waals surface area contributed by atoms with Gasteiger partial charge in [0.2, 0.25) is 0 Å². The van der Waals surface area contributed by atoms with Crippen molar-refractivity contribution in [1.29, 1.82) is 0 Å². The van der Waals surface area contributed by atoms with Crippen molar-refractivity contribution >= 4 is 11.6 Å². The molecule has 0 atom stereocenters. The smallest absolute Gasteiger partial charge is 0.303 e. The van der Waals surface area contributed by atoms with Crippen molar-refractivity contribution in [3.8, 4) is 11.4 Å². The van der Waals surface area contributed by atoms with Gasteiger partial charge in [-0.25, -0.2) is 9.50 Å². The number of aliphatic carboxylic acids is 1. The van der Waals surface area contributed by atoms with Crippen LogP contribution in [0.4, 0.5) is 0 Å². The van der Waals surface area contributed by atoms with E-state index < -0.39 is 5.97 Å². The third kappa shape index (κ3) is 2.20. The van der Waals surface area contributed by atoms with Gasteiger partial charge in [-0.3, -0.25) is 4.79 Å². The van der Waals surface area contributed by atoms with Gasteiger partial charge < -0.3 is 10.1 Å². The topological polar surface area (TPSA) is 83.3 Å². The summed E-state index contributed by atoms with van der Waals surface area (Å²) in [5.74, 6) is -0.824. The monoisotopic (exact) mass is 256 g/mol. The molecule has 0 radical (unpaired) electrons. The molecule has 2 N–H and O–H groups in total. The number of rotatable bonds is 4. The van der Waals surface area contributed by atoms with Gasteiger partial charge in [0, 0.05) is 12.6 Å². The highest BCUT2D eigenvalue weighted by molar-refractivity contribution is 5.67. The van der Waals surface area contributed by atoms with Gasteiger partial charge in [-0.05, 0) is 24.3 Å². The summed E-state index contributed by atoms with van der Waals surface area (Å²) in [5.41, 5.74) is 3.23. The Morgan fingerprint density at radius 1 is 1.37 bits per heavy atom. The second kappa shape index (κ2) is 4.56. The SMILES string of the molecule is O=C(O)CCc1cnc2ccc(-c3ccc[nH]3)nn12. The fraction of sp³-hybridized carbons (Fsp3) is 0.154. The number of aryl methyl sites for hydroxylation is 1. The van der Waals surface area contributed by atoms with E-state index in [0.717, 1.165) is 22.7 Å². The zero-order valence-corrected chi connectivity index (χ0v) is 10.1. The molecule has 3 aromatic heterocycles. The summed E-state index contributed by atoms with van der Waals surface area (Å²) in [6.07, 6.45) is 3.99. The van der Waals surface area contributed by atoms with Gasteiger partial charge in [-0.1, -0.05) is 0 Å². The number of nitrogens with one attached hydrogen (secondary N) is 1. The van der Waals surface area contributed by atoms with Crippen LogP contribution >= 0.6 is 0 Å². The summed E-state index contributed by atoms with van der Waals surface area (Å²) in [6.45, 7) is 0. The average molecular weight is 256 g/mol. The van der Waals surface area contributed by atoms with Crippen molar-refractivity contribution in [2.75, 3.05) is 0 Å². The average Bonchev–Trinajstić information content (AvgIpc) is 3.05. The number of carboxylic acids is 1. The number of nitrogens with zero attached hydrogens (tertiary/aromatic N) is 3. The highest BCUT2D eigenvalue weighted by Gasteiger charge is 2.08. The number of H-pyrrole nitrogens is 1. The van der Waals surface area contributed by atoms with E-state index in [9.17, 15) is 4.79 Å². The van der Waals surface area contributed by atoms with Gasteiger partial charge in [-0.15, -0.1) is 0 Å². The van der Waals surface area contributed by atoms with Crippen molar-refractivity contribution in [3.63, 3.8) is 0 Å². The standard InChI is InChI=1S/C13H12N4O2/c18-13(19)6-3-9-8-15-12-5-4-11(16-17(9)12)10-2-1-7-14-10/h1-2,4-5,7-8,14H,3,6H2,(H,18,19). The first-order valence-electron chi connectivity index (χ1n) is 5.93. The van der Waals surface area contributed by atoms with Gasteiger partial charge in [0.25, 0.3) is 0 Å². The second-order valence-corrected chi connectivity index (χ2v) is 4.22. The Morgan fingerprint density at radius 2 is 2.26 bits per heavy atom. The van der Waals surface area contributed by atoms with Gasteiger partial charge in [0.15, 0.2) is 5.65 Å². The molecule has 0 unspecified atom stereocenters. The van der Waals surface area contributed by atoms with E-state index in [2.05, 4.69) is 15.1 Å². The van der Waals surface area contributed by atoms with Crippen LogP contribution in [0.25, 0.3) is 17.0 Å². The zero-order valence-electron chi connectivity index (χ0n) is 10.1. The van der Waals surface area contributed by atoms with Crippen LogP contribution in [0.15, 0.2) is 36.7 Å². The number of fused-ring (bicyclic) bond motifs is 1. The minimum atomic E-state index is -0.824. The Morgan fingerprint density at radius 3 is 3.00 bits per heavy atom. The van der Waals surface area contributed by atoms with E-state index in [1.165, 1.54) is 0 Å². The number of aromatic nitrogens is 4. The fourth-order valence-corrected chi connectivity index (χ4v) is 1.96. The Balaban J connectivity index is 2.00. The van der Waals surface area contributed by atoms with E-state index in [0.29, 0.717) is 6.42 Å². The molecule has 0 spiro atoms. The molecule has 96 valence electrons. The summed E-state index contributed by atoms with van der Waals surface area (Å²) < 4.78 is 1.69. The Hall–Kier alpha value is -2.63. The maximum Gasteiger partial charge on any atom is 0.303 e. The number of hydrogen-bond acceptors (Lipinski definition) is 3. The molecule has 3 rings (SSSR count). The lowest BCUT2D eigenvalue weighted by Gasteiger charge is -2.02. The van der Waals surface area contributed by atoms with Crippen molar-refractivity contribution in [3.05, 3.63) is 42.4 Å². The van der Waals surface area contributed by atoms with Crippen LogP contribution in [0.2, 0.25) is 0 Å². The number of imidazole rings is 1. The first-order valence-corrected chi connectivity index (χ1v) is 5.93. The Bertz CT molecular complexity index is 715. The molecule has 19 heavy (non-hydrogen) atoms. The number of aromatic amines is 1. The molecule has 0 amide bonds. The minimum Gasteiger partial charge on any atom is -0.481 e. The van der Waals surface area contributed by atoms with Crippen LogP contribution in [0.3, 0.4) is 0 Å². The zero-order chi connectivity index (χ0) is 13.2. The summed E-state index contributed by atoms with van der Waals surface area (Å²) in [6, 6.07) is 7.59. The normalized spacial score (nSPS) is 10.9. The molecule has 0 bridgehead atoms. The number of carboxylic acid groups (broad SMARTS) is 1. The largest absolute Gasteiger partial charge is 0.481 e. The van der Waals surface area contributed by atoms with E-state index in [1.54, 1.807) is 10.7 Å². The number of hydrogen-bond donors (Lipinski definition) is 2. The van der Waals surface area contributed by atoms with Crippen LogP contribution in [0.5, 0.6) is 0 Å². The first-order chi connectivity index (χ1) is 9.24. The van der Waals surface area contributed by atoms with Crippen LogP contribution in [0.1, 0.15) is 12.1 Å². The Kier molecular flexibility index (Phi) is 2.75. The minimum absolute atomic E-state index is 0.0716. The quantitative estimate of drug-likeness (QED) is 0.744. The predicted octanol–water partition coefficient (Wildman–Crippen LogP) is 1.74. The van der Waals surface area contributed by atoms with Crippen molar-refractivity contribution in [2.45, 2.75) is 12.8 Å². The predicted molar refractivity (Wildman–Crippen MR) is 68.7 cm³/mol. The maximum atomic E-state index is 10.6. The van der Waals surface area contributed by atoms with Gasteiger partial charge in [0.1, 0.15) is 5.69 Å². The molecule has 0 fully saturated rings. The molecule has 0 aromatic carbocycles. The van der Waals surface area contributed by atoms with Crippen LogP contribution < -0.4 is 0 Å². The second-order valence-electron chi connectivity index (χ2n) is 4.22. The van der Waals surface area contributed by atoms with E-state index in [-0.39, 0.29) is 6.42 Å². The van der Waals surface area contributed by atoms with Gasteiger partial charge >= 0.3 is 5.97 Å². The first kappa shape index (κ1) is 11.5. The van der Waals surface area contributed by atoms with E-state index >= 15 is 0 Å². The van der Waals surface area contributed by atoms with Crippen molar-refractivity contribution < 1.29 is 9.90 Å². The lowest BCUT2D eigenvalue weighted by atomic mass is 10.2. The highest BCUT2D eigenvalue weighted by Crippen LogP contribution is 2.16. The molecular formula is C13H12N4O2. The number of carbonyl (C=O) groups is 1. The molecule has 0 saturated heterocycles. The fourth-order valence-electron chi connectivity index (χ4n) is 1.96. The summed E-state index contributed by atoms with van der Waals surface area (Å²) in [5, 5.41) is 13.2. The van der Waals surface area contributed by atoms with Crippen LogP contribution in [-0.2, 0) is 11.2 Å². The van der Waals surface area contributed by atoms with E-state index in [4.69, 9.17) is 5.11 Å². The van der Waals surface area contributed by atoms with Crippen LogP contribution in [0, 0.1) is 0 Å². The molecule has 3 aromatic rings. The molecule has 0 aliphatic rings.